The number of esters is 1. The number of aromatic nitrogens is 7. The summed E-state index contributed by atoms with van der Waals surface area (Å²) in [6, 6.07) is 23.0. The van der Waals surface area contributed by atoms with Crippen molar-refractivity contribution in [3.63, 3.8) is 0 Å². The molecular weight excluding hydrogens is 829 g/mol. The molecule has 0 saturated carbocycles. The van der Waals surface area contributed by atoms with Crippen molar-refractivity contribution in [2.75, 3.05) is 6.61 Å². The molecule has 4 heterocycles. The number of hydrogen-bond donors (Lipinski definition) is 3. The summed E-state index contributed by atoms with van der Waals surface area (Å²) >= 11 is 1.10. The minimum absolute atomic E-state index is 0.115. The number of carboxylic acids is 1. The van der Waals surface area contributed by atoms with Crippen molar-refractivity contribution >= 4 is 23.3 Å². The number of aryl methyl sites for hydroxylation is 3. The Hall–Kier alpha value is -7.23. The molecule has 0 unspecified atom stereocenters. The number of rotatable bonds is 15. The largest absolute Gasteiger partial charge is 0.519 e. The molecule has 3 aromatic carbocycles. The Labute approximate surface area is 366 Å². The number of carbonyl (C=O) groups excluding carboxylic acids is 1. The number of ether oxygens (including phenoxy) is 2. The highest BCUT2D eigenvalue weighted by atomic mass is 32.1. The molecule has 0 atom stereocenters. The summed E-state index contributed by atoms with van der Waals surface area (Å²) in [6.07, 6.45) is 1.37. The highest BCUT2D eigenvalue weighted by Crippen LogP contribution is 2.33. The number of imidazole rings is 1. The van der Waals surface area contributed by atoms with Crippen LogP contribution in [-0.4, -0.2) is 63.9 Å². The monoisotopic (exact) mass is 874 g/mol. The number of nitriles is 1. The molecule has 63 heavy (non-hydrogen) atoms. The number of nitrogens with one attached hydrogen (secondary N) is 1. The zero-order valence-corrected chi connectivity index (χ0v) is 36.6. The van der Waals surface area contributed by atoms with E-state index < -0.39 is 23.4 Å². The first kappa shape index (κ1) is 45.3. The minimum atomic E-state index is -1.41. The normalized spacial score (nSPS) is 11.2. The second-order valence-electron chi connectivity index (χ2n) is 15.4. The molecule has 0 fully saturated rings. The van der Waals surface area contributed by atoms with Crippen LogP contribution in [0.1, 0.15) is 101 Å². The van der Waals surface area contributed by atoms with Crippen molar-refractivity contribution in [1.82, 2.24) is 35.2 Å². The summed E-state index contributed by atoms with van der Waals surface area (Å²) in [7, 11) is 0. The van der Waals surface area contributed by atoms with Gasteiger partial charge >= 0.3 is 17.8 Å². The van der Waals surface area contributed by atoms with Crippen LogP contribution in [0.2, 0.25) is 0 Å². The predicted octanol–water partition coefficient (Wildman–Crippen LogP) is 7.89. The van der Waals surface area contributed by atoms with Crippen LogP contribution in [0.4, 0.5) is 0 Å². The lowest BCUT2D eigenvalue weighted by molar-refractivity contribution is 0.0395. The van der Waals surface area contributed by atoms with Crippen molar-refractivity contribution in [1.29, 1.82) is 5.26 Å². The number of carboxylic acid groups (broad SMARTS) is 1. The number of carbonyl (C=O) groups is 2. The molecule has 0 bridgehead atoms. The third-order valence-corrected chi connectivity index (χ3v) is 10.7. The number of hydrogen-bond acceptors (Lipinski definition) is 15. The summed E-state index contributed by atoms with van der Waals surface area (Å²) < 4.78 is 22.7. The number of nitrogens with zero attached hydrogens (tertiary/aromatic N) is 7. The van der Waals surface area contributed by atoms with Crippen LogP contribution >= 0.6 is 11.3 Å². The molecule has 0 radical (unpaired) electrons. The van der Waals surface area contributed by atoms with Gasteiger partial charge in [-0.1, -0.05) is 69.3 Å². The van der Waals surface area contributed by atoms with Crippen molar-refractivity contribution in [3.05, 3.63) is 128 Å². The number of aromatic amines is 1. The molecule has 0 amide bonds. The maximum Gasteiger partial charge on any atom is 0.519 e. The van der Waals surface area contributed by atoms with Crippen LogP contribution < -0.4 is 10.6 Å². The molecule has 17 nitrogen and oxygen atoms in total. The lowest BCUT2D eigenvalue weighted by Gasteiger charge is -2.17. The molecule has 4 aromatic heterocycles. The highest BCUT2D eigenvalue weighted by Gasteiger charge is 2.33. The van der Waals surface area contributed by atoms with E-state index in [2.05, 4.69) is 36.7 Å². The van der Waals surface area contributed by atoms with Crippen LogP contribution in [0, 0.1) is 31.1 Å². The quantitative estimate of drug-likeness (QED) is 0.0829. The van der Waals surface area contributed by atoms with Gasteiger partial charge in [0.15, 0.2) is 23.8 Å². The number of H-pyrrole nitrogens is 1. The van der Waals surface area contributed by atoms with Gasteiger partial charge in [0.2, 0.25) is 5.82 Å². The highest BCUT2D eigenvalue weighted by molar-refractivity contribution is 7.17. The van der Waals surface area contributed by atoms with Gasteiger partial charge in [0.25, 0.3) is 0 Å². The molecule has 0 aliphatic rings. The average molecular weight is 875 g/mol. The number of tetrazole rings is 1. The van der Waals surface area contributed by atoms with Crippen molar-refractivity contribution in [3.8, 4) is 44.9 Å². The second-order valence-corrected chi connectivity index (χ2v) is 16.4. The summed E-state index contributed by atoms with van der Waals surface area (Å²) in [5.74, 6) is -0.170. The topological polar surface area (TPSA) is 245 Å². The van der Waals surface area contributed by atoms with Gasteiger partial charge in [-0.2, -0.15) is 10.5 Å². The van der Waals surface area contributed by atoms with E-state index >= 15 is 0 Å². The van der Waals surface area contributed by atoms with E-state index in [0.29, 0.717) is 64.7 Å². The minimum Gasteiger partial charge on any atom is -0.492 e. The van der Waals surface area contributed by atoms with E-state index in [1.54, 1.807) is 50.5 Å². The molecule has 326 valence electrons. The zero-order valence-electron chi connectivity index (χ0n) is 35.8. The molecule has 0 spiro atoms. The number of aromatic carboxylic acids is 1. The van der Waals surface area contributed by atoms with E-state index in [-0.39, 0.29) is 34.4 Å². The van der Waals surface area contributed by atoms with Crippen LogP contribution in [0.25, 0.3) is 33.1 Å². The van der Waals surface area contributed by atoms with E-state index in [1.807, 2.05) is 69.3 Å². The fourth-order valence-electron chi connectivity index (χ4n) is 6.45. The van der Waals surface area contributed by atoms with Gasteiger partial charge in [0.1, 0.15) is 38.8 Å². The Bertz CT molecular complexity index is 2810. The SMILES string of the molecule is CCCc1nc(C(C)(C)O)c(C(=O)OCc2oc(=O)oc2C)n1Cc1ccc(-c2ccccc2-c2nn[nH]n2)cc1.Cc1nc(-c2ccc(OCC(C)C)c(C#N)c2)sc1C(=O)O. The molecule has 7 rings (SSSR count). The number of thiazole rings is 1. The van der Waals surface area contributed by atoms with E-state index in [9.17, 15) is 24.8 Å². The van der Waals surface area contributed by atoms with Gasteiger partial charge in [-0.25, -0.2) is 24.4 Å². The molecule has 0 saturated heterocycles. The fraction of sp³-hybridized carbons (Fsp3) is 0.311. The predicted molar refractivity (Wildman–Crippen MR) is 231 cm³/mol. The number of aliphatic hydroxyl groups is 1. The standard InChI is InChI=1S/C29H30N6O6.C16H16N2O3S/c1-5-8-23-30-25(29(3,4)38)24(27(36)39-16-22-17(2)40-28(37)41-22)35(23)15-18-11-13-19(14-12-18)20-9-6-7-10-21(20)26-31-33-34-32-26;1-9(2)8-21-13-5-4-11(6-12(13)7-17)15-18-10(3)14(22-15)16(19)20/h6-7,9-14,38H,5,8,15-16H2,1-4H3,(H,31,32,33,34);4-6,9H,8H2,1-3H3,(H,19,20). The molecule has 3 N–H and O–H groups in total. The third kappa shape index (κ3) is 10.8. The van der Waals surface area contributed by atoms with E-state index in [0.717, 1.165) is 40.0 Å². The van der Waals surface area contributed by atoms with Crippen LogP contribution in [-0.2, 0) is 29.9 Å². The molecular formula is C45H46N8O9S. The van der Waals surface area contributed by atoms with Gasteiger partial charge in [-0.05, 0) is 80.1 Å². The van der Waals surface area contributed by atoms with E-state index in [1.165, 1.54) is 0 Å². The summed E-state index contributed by atoms with van der Waals surface area (Å²) in [6.45, 7) is 13.0. The maximum atomic E-state index is 13.5. The van der Waals surface area contributed by atoms with Gasteiger partial charge < -0.3 is 33.1 Å². The first-order chi connectivity index (χ1) is 30.1. The lowest BCUT2D eigenvalue weighted by atomic mass is 9.98. The zero-order chi connectivity index (χ0) is 45.4. The third-order valence-electron chi connectivity index (χ3n) is 9.49. The molecule has 0 aliphatic carbocycles. The Morgan fingerprint density at radius 2 is 1.73 bits per heavy atom. The van der Waals surface area contributed by atoms with E-state index in [4.69, 9.17) is 23.4 Å². The van der Waals surface area contributed by atoms with Gasteiger partial charge in [0.05, 0.1) is 17.9 Å². The lowest BCUT2D eigenvalue weighted by Crippen LogP contribution is -2.23. The van der Waals surface area contributed by atoms with Gasteiger partial charge in [0, 0.05) is 24.1 Å². The Morgan fingerprint density at radius 3 is 2.32 bits per heavy atom. The van der Waals surface area contributed by atoms with Crippen LogP contribution in [0.3, 0.4) is 0 Å². The molecule has 18 heteroatoms. The van der Waals surface area contributed by atoms with Crippen LogP contribution in [0.5, 0.6) is 5.75 Å². The van der Waals surface area contributed by atoms with Crippen LogP contribution in [0.15, 0.2) is 80.4 Å². The second kappa shape index (κ2) is 19.6. The summed E-state index contributed by atoms with van der Waals surface area (Å²) in [5.41, 5.74) is 4.21. The fourth-order valence-corrected chi connectivity index (χ4v) is 7.35. The smallest absolute Gasteiger partial charge is 0.492 e. The van der Waals surface area contributed by atoms with Gasteiger partial charge in [-0.3, -0.25) is 0 Å². The Balaban J connectivity index is 0.000000253. The summed E-state index contributed by atoms with van der Waals surface area (Å²) in [5, 5.41) is 44.2. The first-order valence-electron chi connectivity index (χ1n) is 20.0. The Kier molecular flexibility index (Phi) is 14.1. The maximum absolute atomic E-state index is 13.5. The van der Waals surface area contributed by atoms with Crippen molar-refractivity contribution in [2.24, 2.45) is 5.92 Å². The summed E-state index contributed by atoms with van der Waals surface area (Å²) in [4.78, 5) is 45.1. The van der Waals surface area contributed by atoms with Crippen molar-refractivity contribution in [2.45, 2.75) is 80.1 Å². The Morgan fingerprint density at radius 1 is 1.02 bits per heavy atom. The first-order valence-corrected chi connectivity index (χ1v) is 20.8. The molecule has 7 aromatic rings. The van der Waals surface area contributed by atoms with Gasteiger partial charge in [-0.15, -0.1) is 21.5 Å². The van der Waals surface area contributed by atoms with Crippen molar-refractivity contribution < 1.29 is 38.1 Å². The molecule has 0 aliphatic heterocycles. The average Bonchev–Trinajstić information content (AvgIpc) is 4.07. The number of benzene rings is 3.